The van der Waals surface area contributed by atoms with Gasteiger partial charge in [-0.2, -0.15) is 5.10 Å². The molecule has 0 unspecified atom stereocenters. The molecule has 1 amide bonds. The van der Waals surface area contributed by atoms with E-state index in [-0.39, 0.29) is 12.5 Å². The summed E-state index contributed by atoms with van der Waals surface area (Å²) < 4.78 is 12.0. The van der Waals surface area contributed by atoms with E-state index in [1.54, 1.807) is 6.21 Å². The van der Waals surface area contributed by atoms with Crippen LogP contribution in [0.3, 0.4) is 0 Å². The summed E-state index contributed by atoms with van der Waals surface area (Å²) in [4.78, 5) is 11.9. The molecule has 6 heteroatoms. The number of halogens is 1. The Kier molecular flexibility index (Phi) is 8.15. The molecule has 0 saturated heterocycles. The van der Waals surface area contributed by atoms with Crippen molar-refractivity contribution >= 4 is 28.1 Å². The lowest BCUT2D eigenvalue weighted by Gasteiger charge is -2.08. The average molecular weight is 419 g/mol. The zero-order chi connectivity index (χ0) is 18.8. The van der Waals surface area contributed by atoms with Crippen molar-refractivity contribution in [3.8, 4) is 11.5 Å². The molecule has 0 aliphatic rings. The lowest BCUT2D eigenvalue weighted by Crippen LogP contribution is -2.24. The van der Waals surface area contributed by atoms with Crippen molar-refractivity contribution in [1.29, 1.82) is 0 Å². The summed E-state index contributed by atoms with van der Waals surface area (Å²) in [5, 5.41) is 3.99. The van der Waals surface area contributed by atoms with Crippen molar-refractivity contribution < 1.29 is 14.3 Å². The fraction of sp³-hybridized carbons (Fsp3) is 0.300. The number of nitrogens with one attached hydrogen (secondary N) is 1. The Morgan fingerprint density at radius 2 is 1.92 bits per heavy atom. The van der Waals surface area contributed by atoms with Crippen LogP contribution in [0.1, 0.15) is 31.4 Å². The molecule has 138 valence electrons. The first-order valence-electron chi connectivity index (χ1n) is 8.58. The van der Waals surface area contributed by atoms with Gasteiger partial charge in [-0.1, -0.05) is 41.9 Å². The summed E-state index contributed by atoms with van der Waals surface area (Å²) in [5.74, 6) is 1.05. The van der Waals surface area contributed by atoms with Crippen LogP contribution in [0.15, 0.2) is 52.0 Å². The minimum Gasteiger partial charge on any atom is -0.493 e. The fourth-order valence-electron chi connectivity index (χ4n) is 2.14. The Hall–Kier alpha value is -2.34. The van der Waals surface area contributed by atoms with Crippen LogP contribution in [-0.4, -0.2) is 25.3 Å². The van der Waals surface area contributed by atoms with Crippen molar-refractivity contribution in [3.63, 3.8) is 0 Å². The van der Waals surface area contributed by atoms with Crippen molar-refractivity contribution in [2.24, 2.45) is 5.10 Å². The first kappa shape index (κ1) is 20.0. The number of benzene rings is 2. The van der Waals surface area contributed by atoms with Crippen molar-refractivity contribution in [2.45, 2.75) is 26.7 Å². The highest BCUT2D eigenvalue weighted by Crippen LogP contribution is 2.22. The van der Waals surface area contributed by atoms with E-state index in [1.807, 2.05) is 49.4 Å². The summed E-state index contributed by atoms with van der Waals surface area (Å²) in [7, 11) is 0. The minimum atomic E-state index is -0.327. The number of aryl methyl sites for hydroxylation is 1. The summed E-state index contributed by atoms with van der Waals surface area (Å²) in [5.41, 5.74) is 4.47. The van der Waals surface area contributed by atoms with E-state index < -0.39 is 0 Å². The standard InChI is InChI=1S/C20H23BrN2O3/c1-3-11-25-19-10-7-17(21)12-16(19)13-22-23-20(24)14-26-18-8-5-15(4-2)6-9-18/h5-10,12-13H,3-4,11,14H2,1-2H3,(H,23,24). The van der Waals surface area contributed by atoms with Gasteiger partial charge >= 0.3 is 0 Å². The summed E-state index contributed by atoms with van der Waals surface area (Å²) in [6.45, 7) is 4.66. The normalized spacial score (nSPS) is 10.7. The van der Waals surface area contributed by atoms with Gasteiger partial charge in [0.25, 0.3) is 5.91 Å². The number of hydrazone groups is 1. The molecule has 26 heavy (non-hydrogen) atoms. The van der Waals surface area contributed by atoms with Gasteiger partial charge in [-0.25, -0.2) is 5.43 Å². The van der Waals surface area contributed by atoms with Gasteiger partial charge in [0.15, 0.2) is 6.61 Å². The lowest BCUT2D eigenvalue weighted by molar-refractivity contribution is -0.123. The largest absolute Gasteiger partial charge is 0.493 e. The molecule has 0 aliphatic heterocycles. The summed E-state index contributed by atoms with van der Waals surface area (Å²) in [6.07, 6.45) is 3.44. The lowest BCUT2D eigenvalue weighted by atomic mass is 10.2. The molecule has 0 atom stereocenters. The molecular weight excluding hydrogens is 396 g/mol. The third kappa shape index (κ3) is 6.52. The number of rotatable bonds is 9. The number of hydrogen-bond acceptors (Lipinski definition) is 4. The average Bonchev–Trinajstić information content (AvgIpc) is 2.66. The van der Waals surface area contributed by atoms with Crippen LogP contribution >= 0.6 is 15.9 Å². The molecule has 0 aliphatic carbocycles. The number of hydrogen-bond donors (Lipinski definition) is 1. The van der Waals surface area contributed by atoms with E-state index in [0.29, 0.717) is 12.4 Å². The molecule has 0 spiro atoms. The van der Waals surface area contributed by atoms with E-state index in [4.69, 9.17) is 9.47 Å². The predicted octanol–water partition coefficient (Wildman–Crippen LogP) is 4.33. The third-order valence-electron chi connectivity index (χ3n) is 3.53. The molecule has 2 aromatic carbocycles. The highest BCUT2D eigenvalue weighted by molar-refractivity contribution is 9.10. The molecule has 0 heterocycles. The monoisotopic (exact) mass is 418 g/mol. The van der Waals surface area contributed by atoms with Crippen molar-refractivity contribution in [2.75, 3.05) is 13.2 Å². The smallest absolute Gasteiger partial charge is 0.277 e. The van der Waals surface area contributed by atoms with Gasteiger partial charge < -0.3 is 9.47 Å². The first-order valence-corrected chi connectivity index (χ1v) is 9.37. The van der Waals surface area contributed by atoms with E-state index in [9.17, 15) is 4.79 Å². The number of carbonyl (C=O) groups excluding carboxylic acids is 1. The Bertz CT molecular complexity index is 745. The number of ether oxygens (including phenoxy) is 2. The number of nitrogens with zero attached hydrogens (tertiary/aromatic N) is 1. The van der Waals surface area contributed by atoms with Gasteiger partial charge in [0.2, 0.25) is 0 Å². The molecule has 5 nitrogen and oxygen atoms in total. The molecule has 0 radical (unpaired) electrons. The second-order valence-corrected chi connectivity index (χ2v) is 6.53. The number of carbonyl (C=O) groups is 1. The van der Waals surface area contributed by atoms with Gasteiger partial charge in [-0.15, -0.1) is 0 Å². The van der Waals surface area contributed by atoms with Gasteiger partial charge in [0, 0.05) is 10.0 Å². The topological polar surface area (TPSA) is 59.9 Å². The Labute approximate surface area is 162 Å². The molecule has 2 aromatic rings. The van der Waals surface area contributed by atoms with Crippen LogP contribution in [-0.2, 0) is 11.2 Å². The second kappa shape index (κ2) is 10.6. The van der Waals surface area contributed by atoms with Crippen LogP contribution in [0.2, 0.25) is 0 Å². The third-order valence-corrected chi connectivity index (χ3v) is 4.02. The summed E-state index contributed by atoms with van der Waals surface area (Å²) >= 11 is 3.42. The van der Waals surface area contributed by atoms with Crippen LogP contribution in [0.25, 0.3) is 0 Å². The van der Waals surface area contributed by atoms with Gasteiger partial charge in [0.05, 0.1) is 12.8 Å². The Morgan fingerprint density at radius 1 is 1.15 bits per heavy atom. The predicted molar refractivity (Wildman–Crippen MR) is 107 cm³/mol. The maximum absolute atomic E-state index is 11.9. The first-order chi connectivity index (χ1) is 12.6. The maximum atomic E-state index is 11.9. The molecule has 0 bridgehead atoms. The highest BCUT2D eigenvalue weighted by Gasteiger charge is 2.04. The van der Waals surface area contributed by atoms with Crippen molar-refractivity contribution in [3.05, 3.63) is 58.1 Å². The van der Waals surface area contributed by atoms with Crippen LogP contribution in [0.5, 0.6) is 11.5 Å². The van der Waals surface area contributed by atoms with E-state index in [2.05, 4.69) is 33.4 Å². The zero-order valence-electron chi connectivity index (χ0n) is 15.0. The quantitative estimate of drug-likeness (QED) is 0.486. The fourth-order valence-corrected chi connectivity index (χ4v) is 2.52. The van der Waals surface area contributed by atoms with E-state index >= 15 is 0 Å². The molecule has 0 saturated carbocycles. The molecule has 0 fully saturated rings. The molecule has 1 N–H and O–H groups in total. The second-order valence-electron chi connectivity index (χ2n) is 5.61. The molecule has 2 rings (SSSR count). The van der Waals surface area contributed by atoms with Gasteiger partial charge in [0.1, 0.15) is 11.5 Å². The Balaban J connectivity index is 1.87. The minimum absolute atomic E-state index is 0.0967. The highest BCUT2D eigenvalue weighted by atomic mass is 79.9. The maximum Gasteiger partial charge on any atom is 0.277 e. The summed E-state index contributed by atoms with van der Waals surface area (Å²) in [6, 6.07) is 13.3. The van der Waals surface area contributed by atoms with E-state index in [1.165, 1.54) is 5.56 Å². The Morgan fingerprint density at radius 3 is 2.62 bits per heavy atom. The SMILES string of the molecule is CCCOc1ccc(Br)cc1C=NNC(=O)COc1ccc(CC)cc1. The molecule has 0 aromatic heterocycles. The van der Waals surface area contributed by atoms with Crippen LogP contribution in [0, 0.1) is 0 Å². The van der Waals surface area contributed by atoms with Gasteiger partial charge in [-0.3, -0.25) is 4.79 Å². The van der Waals surface area contributed by atoms with Crippen LogP contribution in [0.4, 0.5) is 0 Å². The van der Waals surface area contributed by atoms with E-state index in [0.717, 1.165) is 28.6 Å². The van der Waals surface area contributed by atoms with Crippen LogP contribution < -0.4 is 14.9 Å². The molecular formula is C20H23BrN2O3. The van der Waals surface area contributed by atoms with Gasteiger partial charge in [-0.05, 0) is 48.7 Å². The number of amides is 1. The van der Waals surface area contributed by atoms with Crippen molar-refractivity contribution in [1.82, 2.24) is 5.43 Å². The zero-order valence-corrected chi connectivity index (χ0v) is 16.6.